The molecule has 1 N–H and O–H groups in total. The van der Waals surface area contributed by atoms with Gasteiger partial charge < -0.3 is 5.11 Å². The van der Waals surface area contributed by atoms with Gasteiger partial charge in [0.15, 0.2) is 0 Å². The summed E-state index contributed by atoms with van der Waals surface area (Å²) in [6.45, 7) is -0.256. The van der Waals surface area contributed by atoms with Crippen LogP contribution in [0.2, 0.25) is 0 Å². The summed E-state index contributed by atoms with van der Waals surface area (Å²) in [4.78, 5) is 3.89. The summed E-state index contributed by atoms with van der Waals surface area (Å²) in [6.07, 6.45) is 1.39. The Bertz CT molecular complexity index is 497. The van der Waals surface area contributed by atoms with Crippen LogP contribution in [0.4, 0.5) is 8.78 Å². The maximum Gasteiger partial charge on any atom is 0.149 e. The van der Waals surface area contributed by atoms with E-state index in [1.807, 2.05) is 0 Å². The molecule has 0 atom stereocenters. The summed E-state index contributed by atoms with van der Waals surface area (Å²) in [5, 5.41) is 8.80. The van der Waals surface area contributed by atoms with Crippen LogP contribution in [-0.2, 0) is 6.61 Å². The number of rotatable bonds is 2. The summed E-state index contributed by atoms with van der Waals surface area (Å²) in [6, 6.07) is 6.62. The SMILES string of the molecule is OCc1cnc(-c2ccc(F)cc2)c(F)c1. The second-order valence-corrected chi connectivity index (χ2v) is 3.34. The molecule has 4 heteroatoms. The van der Waals surface area contributed by atoms with Crippen LogP contribution in [0.1, 0.15) is 5.56 Å². The highest BCUT2D eigenvalue weighted by Crippen LogP contribution is 2.21. The molecule has 0 unspecified atom stereocenters. The first-order valence-electron chi connectivity index (χ1n) is 4.72. The van der Waals surface area contributed by atoms with Crippen molar-refractivity contribution >= 4 is 0 Å². The van der Waals surface area contributed by atoms with Gasteiger partial charge in [-0.1, -0.05) is 0 Å². The minimum absolute atomic E-state index is 0.150. The van der Waals surface area contributed by atoms with Crippen LogP contribution in [0.5, 0.6) is 0 Å². The average Bonchev–Trinajstić information content (AvgIpc) is 2.30. The van der Waals surface area contributed by atoms with Crippen molar-refractivity contribution in [3.8, 4) is 11.3 Å². The standard InChI is InChI=1S/C12H9F2NO/c13-10-3-1-9(2-4-10)12-11(14)5-8(7-16)6-15-12/h1-6,16H,7H2. The summed E-state index contributed by atoms with van der Waals surface area (Å²) >= 11 is 0. The Morgan fingerprint density at radius 1 is 1.12 bits per heavy atom. The third kappa shape index (κ3) is 2.06. The molecule has 2 nitrogen and oxygen atoms in total. The molecule has 1 aromatic carbocycles. The van der Waals surface area contributed by atoms with Crippen LogP contribution in [0.3, 0.4) is 0 Å². The quantitative estimate of drug-likeness (QED) is 0.845. The molecular weight excluding hydrogens is 212 g/mol. The Morgan fingerprint density at radius 3 is 2.38 bits per heavy atom. The van der Waals surface area contributed by atoms with E-state index in [0.29, 0.717) is 11.1 Å². The molecule has 0 amide bonds. The monoisotopic (exact) mass is 221 g/mol. The van der Waals surface area contributed by atoms with E-state index in [4.69, 9.17) is 5.11 Å². The van der Waals surface area contributed by atoms with Crippen molar-refractivity contribution < 1.29 is 13.9 Å². The van der Waals surface area contributed by atoms with Gasteiger partial charge in [-0.25, -0.2) is 8.78 Å². The van der Waals surface area contributed by atoms with Gasteiger partial charge >= 0.3 is 0 Å². The van der Waals surface area contributed by atoms with Gasteiger partial charge in [-0.15, -0.1) is 0 Å². The first-order chi connectivity index (χ1) is 7.70. The Hall–Kier alpha value is -1.81. The van der Waals surface area contributed by atoms with E-state index in [1.54, 1.807) is 0 Å². The largest absolute Gasteiger partial charge is 0.392 e. The van der Waals surface area contributed by atoms with E-state index in [2.05, 4.69) is 4.98 Å². The molecule has 0 bridgehead atoms. The minimum Gasteiger partial charge on any atom is -0.392 e. The number of hydrogen-bond donors (Lipinski definition) is 1. The number of aromatic nitrogens is 1. The van der Waals surface area contributed by atoms with E-state index in [1.165, 1.54) is 36.5 Å². The highest BCUT2D eigenvalue weighted by atomic mass is 19.1. The molecule has 0 fully saturated rings. The molecule has 1 aromatic heterocycles. The van der Waals surface area contributed by atoms with Crippen molar-refractivity contribution in [2.24, 2.45) is 0 Å². The molecule has 2 rings (SSSR count). The highest BCUT2D eigenvalue weighted by Gasteiger charge is 2.07. The van der Waals surface area contributed by atoms with Gasteiger partial charge in [-0.05, 0) is 35.9 Å². The molecule has 16 heavy (non-hydrogen) atoms. The second-order valence-electron chi connectivity index (χ2n) is 3.34. The molecule has 0 radical (unpaired) electrons. The molecular formula is C12H9F2NO. The van der Waals surface area contributed by atoms with Crippen LogP contribution in [0, 0.1) is 11.6 Å². The summed E-state index contributed by atoms with van der Waals surface area (Å²) < 4.78 is 26.2. The van der Waals surface area contributed by atoms with Crippen LogP contribution in [0.15, 0.2) is 36.5 Å². The Balaban J connectivity index is 2.44. The maximum atomic E-state index is 13.6. The van der Waals surface area contributed by atoms with Crippen LogP contribution in [-0.4, -0.2) is 10.1 Å². The molecule has 0 spiro atoms. The van der Waals surface area contributed by atoms with E-state index < -0.39 is 5.82 Å². The molecule has 2 aromatic rings. The molecule has 0 saturated carbocycles. The Kier molecular flexibility index (Phi) is 2.92. The van der Waals surface area contributed by atoms with Gasteiger partial charge in [-0.3, -0.25) is 4.98 Å². The predicted octanol–water partition coefficient (Wildman–Crippen LogP) is 2.52. The van der Waals surface area contributed by atoms with Crippen molar-refractivity contribution in [3.05, 3.63) is 53.7 Å². The number of halogens is 2. The predicted molar refractivity (Wildman–Crippen MR) is 55.5 cm³/mol. The number of hydrogen-bond acceptors (Lipinski definition) is 2. The normalized spacial score (nSPS) is 10.4. The van der Waals surface area contributed by atoms with E-state index >= 15 is 0 Å². The summed E-state index contributed by atoms with van der Waals surface area (Å²) in [5.41, 5.74) is 1.06. The van der Waals surface area contributed by atoms with Gasteiger partial charge in [0.05, 0.1) is 6.61 Å². The van der Waals surface area contributed by atoms with Crippen molar-refractivity contribution in [1.29, 1.82) is 0 Å². The Labute approximate surface area is 91.2 Å². The van der Waals surface area contributed by atoms with Gasteiger partial charge in [0.25, 0.3) is 0 Å². The number of nitrogens with zero attached hydrogens (tertiary/aromatic N) is 1. The highest BCUT2D eigenvalue weighted by molar-refractivity contribution is 5.59. The lowest BCUT2D eigenvalue weighted by Gasteiger charge is -2.03. The first-order valence-corrected chi connectivity index (χ1v) is 4.72. The van der Waals surface area contributed by atoms with E-state index in [9.17, 15) is 8.78 Å². The average molecular weight is 221 g/mol. The molecule has 0 aliphatic rings. The zero-order valence-corrected chi connectivity index (χ0v) is 8.32. The number of pyridine rings is 1. The maximum absolute atomic E-state index is 13.6. The molecule has 0 aliphatic carbocycles. The molecule has 0 saturated heterocycles. The fourth-order valence-electron chi connectivity index (χ4n) is 1.38. The summed E-state index contributed by atoms with van der Waals surface area (Å²) in [7, 11) is 0. The van der Waals surface area contributed by atoms with Gasteiger partial charge in [0.1, 0.15) is 17.3 Å². The van der Waals surface area contributed by atoms with Crippen molar-refractivity contribution in [2.75, 3.05) is 0 Å². The van der Waals surface area contributed by atoms with Crippen molar-refractivity contribution in [1.82, 2.24) is 4.98 Å². The Morgan fingerprint density at radius 2 is 1.81 bits per heavy atom. The third-order valence-corrected chi connectivity index (χ3v) is 2.20. The smallest absolute Gasteiger partial charge is 0.149 e. The zero-order chi connectivity index (χ0) is 11.5. The van der Waals surface area contributed by atoms with E-state index in [-0.39, 0.29) is 18.1 Å². The van der Waals surface area contributed by atoms with Crippen LogP contribution >= 0.6 is 0 Å². The van der Waals surface area contributed by atoms with E-state index in [0.717, 1.165) is 0 Å². The topological polar surface area (TPSA) is 33.1 Å². The molecule has 1 heterocycles. The lowest BCUT2D eigenvalue weighted by molar-refractivity contribution is 0.280. The van der Waals surface area contributed by atoms with Crippen molar-refractivity contribution in [3.63, 3.8) is 0 Å². The van der Waals surface area contributed by atoms with Gasteiger partial charge in [0.2, 0.25) is 0 Å². The zero-order valence-electron chi connectivity index (χ0n) is 8.32. The van der Waals surface area contributed by atoms with Gasteiger partial charge in [-0.2, -0.15) is 0 Å². The molecule has 0 aliphatic heterocycles. The fraction of sp³-hybridized carbons (Fsp3) is 0.0833. The lowest BCUT2D eigenvalue weighted by Crippen LogP contribution is -1.93. The second kappa shape index (κ2) is 4.37. The summed E-state index contributed by atoms with van der Waals surface area (Å²) in [5.74, 6) is -0.908. The first kappa shape index (κ1) is 10.7. The number of benzene rings is 1. The van der Waals surface area contributed by atoms with Crippen molar-refractivity contribution in [2.45, 2.75) is 6.61 Å². The lowest BCUT2D eigenvalue weighted by atomic mass is 10.1. The fourth-order valence-corrected chi connectivity index (χ4v) is 1.38. The molecule has 82 valence electrons. The number of aliphatic hydroxyl groups is 1. The number of aliphatic hydroxyl groups excluding tert-OH is 1. The van der Waals surface area contributed by atoms with Gasteiger partial charge in [0, 0.05) is 11.8 Å². The minimum atomic E-state index is -0.529. The third-order valence-electron chi connectivity index (χ3n) is 2.20. The van der Waals surface area contributed by atoms with Crippen LogP contribution < -0.4 is 0 Å². The van der Waals surface area contributed by atoms with Crippen LogP contribution in [0.25, 0.3) is 11.3 Å².